The molecule has 23 heavy (non-hydrogen) atoms. The van der Waals surface area contributed by atoms with E-state index >= 15 is 0 Å². The highest BCUT2D eigenvalue weighted by Gasteiger charge is 2.01. The van der Waals surface area contributed by atoms with Crippen molar-refractivity contribution in [3.8, 4) is 17.0 Å². The molecule has 0 saturated heterocycles. The van der Waals surface area contributed by atoms with Gasteiger partial charge in [0.25, 0.3) is 0 Å². The first-order chi connectivity index (χ1) is 11.3. The maximum atomic E-state index is 6.97. The Bertz CT molecular complexity index is 817. The van der Waals surface area contributed by atoms with Gasteiger partial charge in [-0.15, -0.1) is 0 Å². The second kappa shape index (κ2) is 6.70. The maximum Gasteiger partial charge on any atom is 0.130 e. The lowest BCUT2D eigenvalue weighted by Gasteiger charge is -1.99. The van der Waals surface area contributed by atoms with Crippen LogP contribution in [-0.4, -0.2) is 17.1 Å². The molecule has 2 N–H and O–H groups in total. The number of methoxy groups -OCH3 is 1. The van der Waals surface area contributed by atoms with Crippen LogP contribution in [-0.2, 0) is 0 Å². The predicted octanol–water partition coefficient (Wildman–Crippen LogP) is 4.92. The SMILES string of the molecule is COc1ccc(/C=C/c2ncc(-c3ccc(N=N)cc3)[nH]2)cc1. The average Bonchev–Trinajstić information content (AvgIpc) is 3.09. The molecule has 114 valence electrons. The molecule has 0 aliphatic carbocycles. The van der Waals surface area contributed by atoms with E-state index in [-0.39, 0.29) is 0 Å². The number of hydrogen-bond acceptors (Lipinski definition) is 4. The second-order valence-electron chi connectivity index (χ2n) is 4.95. The van der Waals surface area contributed by atoms with E-state index in [1.54, 1.807) is 25.4 Å². The zero-order valence-electron chi connectivity index (χ0n) is 12.7. The lowest BCUT2D eigenvalue weighted by molar-refractivity contribution is 0.415. The van der Waals surface area contributed by atoms with E-state index < -0.39 is 0 Å². The Morgan fingerprint density at radius 2 is 1.78 bits per heavy atom. The lowest BCUT2D eigenvalue weighted by atomic mass is 10.1. The van der Waals surface area contributed by atoms with Crippen molar-refractivity contribution in [1.29, 1.82) is 5.53 Å². The molecule has 0 radical (unpaired) electrons. The van der Waals surface area contributed by atoms with Gasteiger partial charge < -0.3 is 9.72 Å². The van der Waals surface area contributed by atoms with Crippen molar-refractivity contribution in [1.82, 2.24) is 9.97 Å². The van der Waals surface area contributed by atoms with E-state index in [2.05, 4.69) is 15.1 Å². The number of aromatic nitrogens is 2. The van der Waals surface area contributed by atoms with Crippen molar-refractivity contribution in [2.45, 2.75) is 0 Å². The van der Waals surface area contributed by atoms with Gasteiger partial charge in [0.05, 0.1) is 24.7 Å². The van der Waals surface area contributed by atoms with Crippen LogP contribution in [0.25, 0.3) is 23.4 Å². The molecule has 1 aromatic heterocycles. The number of ether oxygens (including phenoxy) is 1. The van der Waals surface area contributed by atoms with E-state index in [0.717, 1.165) is 28.4 Å². The molecular weight excluding hydrogens is 288 g/mol. The molecule has 0 amide bonds. The number of benzene rings is 2. The fourth-order valence-corrected chi connectivity index (χ4v) is 2.17. The summed E-state index contributed by atoms with van der Waals surface area (Å²) in [6, 6.07) is 15.3. The molecule has 0 unspecified atom stereocenters. The van der Waals surface area contributed by atoms with E-state index in [1.807, 2.05) is 48.6 Å². The number of aromatic amines is 1. The summed E-state index contributed by atoms with van der Waals surface area (Å²) in [6.07, 6.45) is 5.71. The first kappa shape index (κ1) is 14.7. The van der Waals surface area contributed by atoms with Crippen LogP contribution >= 0.6 is 0 Å². The molecule has 3 aromatic rings. The summed E-state index contributed by atoms with van der Waals surface area (Å²) in [5, 5.41) is 3.39. The van der Waals surface area contributed by atoms with Gasteiger partial charge in [-0.05, 0) is 41.5 Å². The highest BCUT2D eigenvalue weighted by Crippen LogP contribution is 2.21. The quantitative estimate of drug-likeness (QED) is 0.657. The van der Waals surface area contributed by atoms with Crippen LogP contribution in [0.5, 0.6) is 5.75 Å². The summed E-state index contributed by atoms with van der Waals surface area (Å²) in [6.45, 7) is 0. The van der Waals surface area contributed by atoms with Gasteiger partial charge in [-0.1, -0.05) is 30.3 Å². The second-order valence-corrected chi connectivity index (χ2v) is 4.95. The number of rotatable bonds is 5. The zero-order valence-corrected chi connectivity index (χ0v) is 12.7. The lowest BCUT2D eigenvalue weighted by Crippen LogP contribution is -1.81. The van der Waals surface area contributed by atoms with E-state index in [1.165, 1.54) is 0 Å². The largest absolute Gasteiger partial charge is 0.497 e. The normalized spacial score (nSPS) is 10.8. The molecule has 0 saturated carbocycles. The Balaban J connectivity index is 1.75. The molecule has 0 spiro atoms. The summed E-state index contributed by atoms with van der Waals surface area (Å²) in [5.41, 5.74) is 10.6. The van der Waals surface area contributed by atoms with Crippen LogP contribution in [0, 0.1) is 5.53 Å². The highest BCUT2D eigenvalue weighted by atomic mass is 16.5. The van der Waals surface area contributed by atoms with Crippen molar-refractivity contribution in [3.05, 3.63) is 66.1 Å². The van der Waals surface area contributed by atoms with Crippen LogP contribution in [0.1, 0.15) is 11.4 Å². The summed E-state index contributed by atoms with van der Waals surface area (Å²) in [5.74, 6) is 1.62. The molecule has 5 heteroatoms. The molecular formula is C18H16N4O. The minimum atomic E-state index is 0.632. The van der Waals surface area contributed by atoms with Gasteiger partial charge in [-0.25, -0.2) is 10.5 Å². The standard InChI is InChI=1S/C18H16N4O/c1-23-16-9-2-13(3-10-16)4-11-18-20-12-17(21-18)14-5-7-15(22-19)8-6-14/h2-12,19H,1H3,(H,20,21)/b11-4+,22-19?. The molecule has 0 aliphatic heterocycles. The topological polar surface area (TPSA) is 74.1 Å². The molecule has 0 fully saturated rings. The van der Waals surface area contributed by atoms with Crippen molar-refractivity contribution in [3.63, 3.8) is 0 Å². The minimum Gasteiger partial charge on any atom is -0.497 e. The molecule has 0 atom stereocenters. The Hall–Kier alpha value is -3.21. The smallest absolute Gasteiger partial charge is 0.130 e. The van der Waals surface area contributed by atoms with Crippen molar-refractivity contribution in [2.24, 2.45) is 5.11 Å². The maximum absolute atomic E-state index is 6.97. The number of imidazole rings is 1. The fraction of sp³-hybridized carbons (Fsp3) is 0.0556. The van der Waals surface area contributed by atoms with Crippen LogP contribution < -0.4 is 4.74 Å². The third-order valence-corrected chi connectivity index (χ3v) is 3.45. The summed E-state index contributed by atoms with van der Waals surface area (Å²) in [4.78, 5) is 7.62. The number of nitrogens with one attached hydrogen (secondary N) is 2. The third kappa shape index (κ3) is 3.52. The third-order valence-electron chi connectivity index (χ3n) is 3.45. The first-order valence-electron chi connectivity index (χ1n) is 7.13. The minimum absolute atomic E-state index is 0.632. The van der Waals surface area contributed by atoms with Crippen LogP contribution in [0.4, 0.5) is 5.69 Å². The fourth-order valence-electron chi connectivity index (χ4n) is 2.17. The van der Waals surface area contributed by atoms with Crippen molar-refractivity contribution >= 4 is 17.8 Å². The van der Waals surface area contributed by atoms with E-state index in [9.17, 15) is 0 Å². The zero-order chi connectivity index (χ0) is 16.1. The number of nitrogens with zero attached hydrogens (tertiary/aromatic N) is 2. The molecule has 5 nitrogen and oxygen atoms in total. The summed E-state index contributed by atoms with van der Waals surface area (Å²) >= 11 is 0. The first-order valence-corrected chi connectivity index (χ1v) is 7.13. The van der Waals surface area contributed by atoms with Crippen LogP contribution in [0.3, 0.4) is 0 Å². The Labute approximate surface area is 134 Å². The Kier molecular flexibility index (Phi) is 4.29. The molecule has 0 aliphatic rings. The van der Waals surface area contributed by atoms with Crippen LogP contribution in [0.2, 0.25) is 0 Å². The van der Waals surface area contributed by atoms with Crippen molar-refractivity contribution in [2.75, 3.05) is 7.11 Å². The molecule has 2 aromatic carbocycles. The van der Waals surface area contributed by atoms with E-state index in [0.29, 0.717) is 5.69 Å². The van der Waals surface area contributed by atoms with Gasteiger partial charge in [0, 0.05) is 0 Å². The van der Waals surface area contributed by atoms with Gasteiger partial charge in [0.2, 0.25) is 0 Å². The van der Waals surface area contributed by atoms with Gasteiger partial charge >= 0.3 is 0 Å². The van der Waals surface area contributed by atoms with Gasteiger partial charge in [-0.3, -0.25) is 0 Å². The average molecular weight is 304 g/mol. The predicted molar refractivity (Wildman–Crippen MR) is 90.8 cm³/mol. The number of hydrogen-bond donors (Lipinski definition) is 2. The van der Waals surface area contributed by atoms with Crippen molar-refractivity contribution < 1.29 is 4.74 Å². The van der Waals surface area contributed by atoms with Gasteiger partial charge in [0.15, 0.2) is 0 Å². The highest BCUT2D eigenvalue weighted by molar-refractivity contribution is 5.69. The van der Waals surface area contributed by atoms with Crippen LogP contribution in [0.15, 0.2) is 59.8 Å². The Morgan fingerprint density at radius 1 is 1.04 bits per heavy atom. The molecule has 3 rings (SSSR count). The molecule has 1 heterocycles. The Morgan fingerprint density at radius 3 is 2.43 bits per heavy atom. The number of H-pyrrole nitrogens is 1. The van der Waals surface area contributed by atoms with Gasteiger partial charge in [-0.2, -0.15) is 5.11 Å². The summed E-state index contributed by atoms with van der Waals surface area (Å²) in [7, 11) is 1.65. The molecule has 0 bridgehead atoms. The monoisotopic (exact) mass is 304 g/mol. The van der Waals surface area contributed by atoms with Gasteiger partial charge in [0.1, 0.15) is 11.6 Å². The summed E-state index contributed by atoms with van der Waals surface area (Å²) < 4.78 is 5.14. The van der Waals surface area contributed by atoms with E-state index in [4.69, 9.17) is 10.3 Å².